The Bertz CT molecular complexity index is 836. The van der Waals surface area contributed by atoms with Crippen LogP contribution in [0.5, 0.6) is 0 Å². The molecule has 1 fully saturated rings. The molecule has 1 aromatic carbocycles. The van der Waals surface area contributed by atoms with Crippen LogP contribution in [0.15, 0.2) is 30.3 Å². The fourth-order valence-electron chi connectivity index (χ4n) is 4.52. The van der Waals surface area contributed by atoms with Crippen molar-refractivity contribution in [1.82, 2.24) is 0 Å². The van der Waals surface area contributed by atoms with E-state index >= 15 is 0 Å². The molecule has 2 aromatic rings. The van der Waals surface area contributed by atoms with Crippen LogP contribution in [0.25, 0.3) is 11.3 Å². The molecule has 2 heterocycles. The highest BCUT2D eigenvalue weighted by Gasteiger charge is 2.33. The maximum atomic E-state index is 9.97. The molecule has 0 spiro atoms. The number of pyridine rings is 1. The van der Waals surface area contributed by atoms with E-state index in [1.165, 1.54) is 33.7 Å². The lowest BCUT2D eigenvalue weighted by molar-refractivity contribution is -0.901. The van der Waals surface area contributed by atoms with Crippen molar-refractivity contribution in [3.63, 3.8) is 0 Å². The molecule has 4 rings (SSSR count). The van der Waals surface area contributed by atoms with E-state index in [1.54, 1.807) is 0 Å². The normalized spacial score (nSPS) is 17.4. The van der Waals surface area contributed by atoms with E-state index in [4.69, 9.17) is 0 Å². The summed E-state index contributed by atoms with van der Waals surface area (Å²) in [6.45, 7) is 4.86. The molecule has 1 aromatic heterocycles. The predicted molar refractivity (Wildman–Crippen MR) is 105 cm³/mol. The van der Waals surface area contributed by atoms with Crippen LogP contribution in [0.2, 0.25) is 0 Å². The molecular weight excluding hydrogens is 336 g/mol. The van der Waals surface area contributed by atoms with Crippen molar-refractivity contribution in [1.29, 1.82) is 5.26 Å². The summed E-state index contributed by atoms with van der Waals surface area (Å²) in [5.74, 6) is 0.986. The van der Waals surface area contributed by atoms with Gasteiger partial charge < -0.3 is 10.0 Å². The SMILES string of the molecule is N#Cc1c(N2CC[NH+](CCO)CC2)[nH+]c(-c2ccccc2)c2c1CCCC2. The zero-order chi connectivity index (χ0) is 18.6. The third-order valence-corrected chi connectivity index (χ3v) is 5.98. The molecule has 0 radical (unpaired) electrons. The minimum absolute atomic E-state index is 0.238. The first-order valence-electron chi connectivity index (χ1n) is 10.1. The van der Waals surface area contributed by atoms with Gasteiger partial charge in [-0.2, -0.15) is 5.26 Å². The van der Waals surface area contributed by atoms with Crippen molar-refractivity contribution in [3.05, 3.63) is 47.0 Å². The lowest BCUT2D eigenvalue weighted by atomic mass is 9.86. The maximum Gasteiger partial charge on any atom is 0.293 e. The summed E-state index contributed by atoms with van der Waals surface area (Å²) in [5, 5.41) is 19.2. The van der Waals surface area contributed by atoms with Crippen LogP contribution in [0.3, 0.4) is 0 Å². The summed E-state index contributed by atoms with van der Waals surface area (Å²) >= 11 is 0. The molecule has 1 aliphatic carbocycles. The first kappa shape index (κ1) is 18.0. The predicted octanol–water partition coefficient (Wildman–Crippen LogP) is 0.615. The molecule has 140 valence electrons. The Morgan fingerprint density at radius 3 is 2.44 bits per heavy atom. The average molecular weight is 364 g/mol. The first-order valence-corrected chi connectivity index (χ1v) is 10.1. The second-order valence-corrected chi connectivity index (χ2v) is 7.58. The number of fused-ring (bicyclic) bond motifs is 1. The zero-order valence-corrected chi connectivity index (χ0v) is 15.8. The van der Waals surface area contributed by atoms with Crippen molar-refractivity contribution < 1.29 is 15.0 Å². The van der Waals surface area contributed by atoms with Crippen LogP contribution in [-0.4, -0.2) is 44.4 Å². The van der Waals surface area contributed by atoms with Crippen LogP contribution >= 0.6 is 0 Å². The van der Waals surface area contributed by atoms with Crippen molar-refractivity contribution in [3.8, 4) is 17.3 Å². The topological polar surface area (TPSA) is 65.8 Å². The number of quaternary nitrogens is 1. The number of hydrogen-bond acceptors (Lipinski definition) is 3. The third kappa shape index (κ3) is 3.55. The number of anilines is 1. The summed E-state index contributed by atoms with van der Waals surface area (Å²) in [5.41, 5.74) is 5.81. The minimum Gasteiger partial charge on any atom is -0.391 e. The molecule has 0 bridgehead atoms. The van der Waals surface area contributed by atoms with E-state index in [1.807, 2.05) is 6.07 Å². The van der Waals surface area contributed by atoms with Crippen molar-refractivity contribution in [2.75, 3.05) is 44.2 Å². The molecule has 27 heavy (non-hydrogen) atoms. The Morgan fingerprint density at radius 1 is 1.07 bits per heavy atom. The molecule has 3 N–H and O–H groups in total. The number of aromatic amines is 1. The van der Waals surface area contributed by atoms with E-state index in [9.17, 15) is 10.4 Å². The Hall–Kier alpha value is -2.42. The van der Waals surface area contributed by atoms with E-state index in [2.05, 4.69) is 40.2 Å². The van der Waals surface area contributed by atoms with Gasteiger partial charge in [0, 0.05) is 11.1 Å². The second kappa shape index (κ2) is 8.08. The monoisotopic (exact) mass is 364 g/mol. The van der Waals surface area contributed by atoms with Gasteiger partial charge in [-0.15, -0.1) is 0 Å². The largest absolute Gasteiger partial charge is 0.391 e. The van der Waals surface area contributed by atoms with Gasteiger partial charge >= 0.3 is 0 Å². The molecule has 1 saturated heterocycles. The number of H-pyrrole nitrogens is 1. The maximum absolute atomic E-state index is 9.97. The Balaban J connectivity index is 1.76. The van der Waals surface area contributed by atoms with E-state index in [-0.39, 0.29) is 6.61 Å². The van der Waals surface area contributed by atoms with Crippen LogP contribution in [0.1, 0.15) is 29.5 Å². The molecular formula is C22H28N4O+2. The lowest BCUT2D eigenvalue weighted by Gasteiger charge is -2.29. The van der Waals surface area contributed by atoms with Gasteiger partial charge in [-0.1, -0.05) is 30.3 Å². The van der Waals surface area contributed by atoms with Gasteiger partial charge in [-0.3, -0.25) is 0 Å². The van der Waals surface area contributed by atoms with Gasteiger partial charge in [0.1, 0.15) is 50.1 Å². The number of aliphatic hydroxyl groups excluding tert-OH is 1. The summed E-state index contributed by atoms with van der Waals surface area (Å²) in [4.78, 5) is 7.44. The van der Waals surface area contributed by atoms with E-state index < -0.39 is 0 Å². The fraction of sp³-hybridized carbons (Fsp3) is 0.455. The Morgan fingerprint density at radius 2 is 1.78 bits per heavy atom. The molecule has 0 saturated carbocycles. The van der Waals surface area contributed by atoms with Gasteiger partial charge in [0.2, 0.25) is 0 Å². The number of aromatic nitrogens is 1. The second-order valence-electron chi connectivity index (χ2n) is 7.58. The van der Waals surface area contributed by atoms with Gasteiger partial charge in [0.25, 0.3) is 5.82 Å². The van der Waals surface area contributed by atoms with Gasteiger partial charge in [0.15, 0.2) is 0 Å². The van der Waals surface area contributed by atoms with Crippen molar-refractivity contribution in [2.45, 2.75) is 25.7 Å². The van der Waals surface area contributed by atoms with E-state index in [0.29, 0.717) is 0 Å². The highest BCUT2D eigenvalue weighted by molar-refractivity contribution is 5.68. The molecule has 2 aliphatic rings. The lowest BCUT2D eigenvalue weighted by Crippen LogP contribution is -3.15. The number of nitrogens with zero attached hydrogens (tertiary/aromatic N) is 2. The Labute approximate surface area is 160 Å². The first-order chi connectivity index (χ1) is 13.3. The number of nitriles is 1. The smallest absolute Gasteiger partial charge is 0.293 e. The quantitative estimate of drug-likeness (QED) is 0.836. The van der Waals surface area contributed by atoms with Crippen LogP contribution < -0.4 is 14.8 Å². The van der Waals surface area contributed by atoms with Crippen LogP contribution in [-0.2, 0) is 12.8 Å². The molecule has 5 nitrogen and oxygen atoms in total. The van der Waals surface area contributed by atoms with Gasteiger partial charge in [0.05, 0.1) is 6.61 Å². The summed E-state index contributed by atoms with van der Waals surface area (Å²) < 4.78 is 0. The summed E-state index contributed by atoms with van der Waals surface area (Å²) in [6, 6.07) is 13.0. The van der Waals surface area contributed by atoms with Crippen molar-refractivity contribution >= 4 is 5.82 Å². The van der Waals surface area contributed by atoms with Crippen molar-refractivity contribution in [2.24, 2.45) is 0 Å². The minimum atomic E-state index is 0.238. The molecule has 1 aliphatic heterocycles. The molecule has 5 heteroatoms. The summed E-state index contributed by atoms with van der Waals surface area (Å²) in [6.07, 6.45) is 4.39. The fourth-order valence-corrected chi connectivity index (χ4v) is 4.52. The zero-order valence-electron chi connectivity index (χ0n) is 15.8. The average Bonchev–Trinajstić information content (AvgIpc) is 2.74. The van der Waals surface area contributed by atoms with Gasteiger partial charge in [-0.25, -0.2) is 9.88 Å². The van der Waals surface area contributed by atoms with Gasteiger partial charge in [-0.05, 0) is 31.2 Å². The molecule has 0 atom stereocenters. The number of nitrogens with one attached hydrogen (secondary N) is 2. The summed E-state index contributed by atoms with van der Waals surface area (Å²) in [7, 11) is 0. The Kier molecular flexibility index (Phi) is 5.38. The van der Waals surface area contributed by atoms with Crippen LogP contribution in [0.4, 0.5) is 5.82 Å². The molecule has 0 amide bonds. The highest BCUT2D eigenvalue weighted by atomic mass is 16.3. The highest BCUT2D eigenvalue weighted by Crippen LogP contribution is 2.33. The number of aliphatic hydroxyl groups is 1. The number of piperazine rings is 1. The molecule has 0 unspecified atom stereocenters. The number of benzene rings is 1. The standard InChI is InChI=1S/C22H26N4O/c23-16-20-18-8-4-5-9-19(18)21(17-6-2-1-3-7-17)24-22(20)26-12-10-25(11-13-26)14-15-27/h1-3,6-7,27H,4-5,8-15H2/p+2. The third-order valence-electron chi connectivity index (χ3n) is 5.98. The number of hydrogen-bond donors (Lipinski definition) is 2. The van der Waals surface area contributed by atoms with E-state index in [0.717, 1.165) is 63.4 Å². The van der Waals surface area contributed by atoms with Crippen LogP contribution in [0, 0.1) is 11.3 Å². The number of rotatable bonds is 4.